The molecule has 1 aromatic carbocycles. The number of aliphatic imine (C=N–C) groups is 1. The zero-order valence-electron chi connectivity index (χ0n) is 19.4. The highest BCUT2D eigenvalue weighted by atomic mass is 35.5. The second-order valence-electron chi connectivity index (χ2n) is 7.90. The summed E-state index contributed by atoms with van der Waals surface area (Å²) < 4.78 is 0. The largest absolute Gasteiger partial charge is 0.383 e. The van der Waals surface area contributed by atoms with E-state index in [1.807, 2.05) is 42.2 Å². The van der Waals surface area contributed by atoms with E-state index in [2.05, 4.69) is 20.5 Å². The van der Waals surface area contributed by atoms with Crippen LogP contribution in [-0.4, -0.2) is 64.2 Å². The zero-order valence-corrected chi connectivity index (χ0v) is 20.2. The van der Waals surface area contributed by atoms with Crippen molar-refractivity contribution in [1.29, 1.82) is 0 Å². The Morgan fingerprint density at radius 3 is 2.71 bits per heavy atom. The van der Waals surface area contributed by atoms with Gasteiger partial charge in [-0.1, -0.05) is 29.8 Å². The number of Topliss-reactive ketones (excluding diaryl/α,β-unsaturated/α-hetero) is 1. The Morgan fingerprint density at radius 1 is 1.24 bits per heavy atom. The second-order valence-corrected chi connectivity index (χ2v) is 8.11. The number of hydrogen-bond acceptors (Lipinski definition) is 7. The quantitative estimate of drug-likeness (QED) is 0.372. The van der Waals surface area contributed by atoms with E-state index in [0.717, 1.165) is 22.3 Å². The molecule has 9 nitrogen and oxygen atoms in total. The molecule has 1 aromatic heterocycles. The van der Waals surface area contributed by atoms with Gasteiger partial charge in [0.25, 0.3) is 0 Å². The van der Waals surface area contributed by atoms with Crippen LogP contribution in [0.15, 0.2) is 64.2 Å². The minimum atomic E-state index is -0.486. The Kier molecular flexibility index (Phi) is 8.37. The number of ketones is 1. The molecule has 1 aliphatic heterocycles. The third-order valence-electron chi connectivity index (χ3n) is 5.54. The van der Waals surface area contributed by atoms with Gasteiger partial charge in [-0.05, 0) is 26.0 Å². The molecule has 34 heavy (non-hydrogen) atoms. The molecule has 2 heterocycles. The van der Waals surface area contributed by atoms with Gasteiger partial charge in [0.15, 0.2) is 5.78 Å². The molecule has 1 amide bonds. The fourth-order valence-electron chi connectivity index (χ4n) is 3.66. The van der Waals surface area contributed by atoms with E-state index < -0.39 is 6.04 Å². The molecule has 0 spiro atoms. The third-order valence-corrected chi connectivity index (χ3v) is 5.78. The number of amidine groups is 1. The number of carbonyl (C=O) groups is 2. The number of hydrogen-bond donors (Lipinski definition) is 2. The van der Waals surface area contributed by atoms with Crippen LogP contribution in [0.5, 0.6) is 0 Å². The van der Waals surface area contributed by atoms with Crippen LogP contribution in [0.2, 0.25) is 0 Å². The molecular weight excluding hydrogens is 454 g/mol. The van der Waals surface area contributed by atoms with Gasteiger partial charge in [0.2, 0.25) is 5.91 Å². The summed E-state index contributed by atoms with van der Waals surface area (Å²) in [6.45, 7) is 6.32. The summed E-state index contributed by atoms with van der Waals surface area (Å²) in [4.78, 5) is 36.8. The molecule has 1 aliphatic rings. The number of nitrogens with one attached hydrogen (secondary N) is 1. The lowest BCUT2D eigenvalue weighted by Crippen LogP contribution is -2.58. The van der Waals surface area contributed by atoms with Gasteiger partial charge in [0, 0.05) is 61.0 Å². The predicted molar refractivity (Wildman–Crippen MR) is 136 cm³/mol. The van der Waals surface area contributed by atoms with Crippen LogP contribution in [0, 0.1) is 0 Å². The highest BCUT2D eigenvalue weighted by Gasteiger charge is 2.32. The number of fused-ring (bicyclic) bond motifs is 1. The fraction of sp³-hybridized carbons (Fsp3) is 0.292. The maximum Gasteiger partial charge on any atom is 0.220 e. The Morgan fingerprint density at radius 2 is 2.00 bits per heavy atom. The van der Waals surface area contributed by atoms with Crippen LogP contribution < -0.4 is 11.2 Å². The molecule has 178 valence electrons. The summed E-state index contributed by atoms with van der Waals surface area (Å²) in [5.41, 5.74) is 11.9. The number of piperazine rings is 1. The minimum absolute atomic E-state index is 0.0469. The molecule has 1 saturated heterocycles. The molecule has 0 aliphatic carbocycles. The summed E-state index contributed by atoms with van der Waals surface area (Å²) in [6.07, 6.45) is 5.03. The van der Waals surface area contributed by atoms with Crippen LogP contribution in [0.3, 0.4) is 0 Å². The Balaban J connectivity index is 1.90. The average molecular weight is 482 g/mol. The number of aromatic nitrogens is 1. The highest BCUT2D eigenvalue weighted by molar-refractivity contribution is 6.25. The molecule has 0 saturated carbocycles. The first-order valence-corrected chi connectivity index (χ1v) is 11.2. The summed E-state index contributed by atoms with van der Waals surface area (Å²) >= 11 is 5.58. The lowest BCUT2D eigenvalue weighted by Gasteiger charge is -2.40. The molecule has 3 N–H and O–H groups in total. The Bertz CT molecular complexity index is 1190. The third kappa shape index (κ3) is 6.20. The number of pyridine rings is 1. The summed E-state index contributed by atoms with van der Waals surface area (Å²) in [7, 11) is 0. The van der Waals surface area contributed by atoms with E-state index in [4.69, 9.17) is 17.3 Å². The fourth-order valence-corrected chi connectivity index (χ4v) is 3.71. The second kappa shape index (κ2) is 11.4. The molecule has 0 bridgehead atoms. The van der Waals surface area contributed by atoms with Crippen LogP contribution >= 0.6 is 11.6 Å². The Labute approximate surface area is 203 Å². The van der Waals surface area contributed by atoms with E-state index in [-0.39, 0.29) is 17.5 Å². The van der Waals surface area contributed by atoms with Gasteiger partial charge in [-0.15, -0.1) is 0 Å². The average Bonchev–Trinajstić information content (AvgIpc) is 2.84. The van der Waals surface area contributed by atoms with Gasteiger partial charge in [-0.3, -0.25) is 20.0 Å². The minimum Gasteiger partial charge on any atom is -0.383 e. The predicted octanol–water partition coefficient (Wildman–Crippen LogP) is 2.69. The van der Waals surface area contributed by atoms with E-state index in [1.165, 1.54) is 19.4 Å². The Hall–Kier alpha value is -3.72. The van der Waals surface area contributed by atoms with Crippen molar-refractivity contribution in [2.45, 2.75) is 26.8 Å². The van der Waals surface area contributed by atoms with Crippen molar-refractivity contribution in [2.24, 2.45) is 15.8 Å². The van der Waals surface area contributed by atoms with Crippen LogP contribution in [0.4, 0.5) is 0 Å². The van der Waals surface area contributed by atoms with Gasteiger partial charge in [-0.25, -0.2) is 4.99 Å². The van der Waals surface area contributed by atoms with Crippen molar-refractivity contribution in [3.05, 3.63) is 59.6 Å². The van der Waals surface area contributed by atoms with Gasteiger partial charge in [0.1, 0.15) is 17.7 Å². The number of allylic oxidation sites excluding steroid dienone is 1. The number of para-hydroxylation sites is 1. The van der Waals surface area contributed by atoms with E-state index in [0.29, 0.717) is 25.2 Å². The highest BCUT2D eigenvalue weighted by Crippen LogP contribution is 2.19. The van der Waals surface area contributed by atoms with Crippen molar-refractivity contribution in [2.75, 3.05) is 19.6 Å². The number of nitrogens with zero attached hydrogens (tertiary/aromatic N) is 5. The topological polar surface area (TPSA) is 116 Å². The first kappa shape index (κ1) is 24.9. The van der Waals surface area contributed by atoms with Crippen LogP contribution in [-0.2, 0) is 9.59 Å². The number of halogens is 1. The number of amides is 1. The molecule has 1 unspecified atom stereocenters. The first-order chi connectivity index (χ1) is 16.3. The number of rotatable bonds is 6. The van der Waals surface area contributed by atoms with Gasteiger partial charge in [0.05, 0.1) is 11.7 Å². The van der Waals surface area contributed by atoms with E-state index >= 15 is 0 Å². The molecule has 3 rings (SSSR count). The molecule has 10 heteroatoms. The van der Waals surface area contributed by atoms with E-state index in [1.54, 1.807) is 23.5 Å². The summed E-state index contributed by atoms with van der Waals surface area (Å²) in [6, 6.07) is 9.33. The van der Waals surface area contributed by atoms with Crippen molar-refractivity contribution in [1.82, 2.24) is 20.2 Å². The summed E-state index contributed by atoms with van der Waals surface area (Å²) in [5.74, 6) is 0.776. The van der Waals surface area contributed by atoms with Crippen molar-refractivity contribution in [3.8, 4) is 0 Å². The standard InChI is InChI=1S/C24H28ClN7O2/c1-16(33)23-15-31(8-9-32(23)18(3)34)17(2)27-13-21(14-29-30-24(26)11-25)20-10-19-6-4-5-7-22(19)28-12-20/h4-7,10-14,23,30H,8-9,15,26H2,1-3H3/b21-13-,24-11+,27-17?,29-14-. The lowest BCUT2D eigenvalue weighted by atomic mass is 10.1. The number of carbonyl (C=O) groups excluding carboxylic acids is 2. The molecule has 0 radical (unpaired) electrons. The smallest absolute Gasteiger partial charge is 0.220 e. The van der Waals surface area contributed by atoms with Gasteiger partial charge < -0.3 is 15.5 Å². The zero-order chi connectivity index (χ0) is 24.7. The van der Waals surface area contributed by atoms with Crippen LogP contribution in [0.25, 0.3) is 16.5 Å². The first-order valence-electron chi connectivity index (χ1n) is 10.8. The number of nitrogens with two attached hydrogens (primary N) is 1. The van der Waals surface area contributed by atoms with Crippen LogP contribution in [0.1, 0.15) is 26.3 Å². The normalized spacial score (nSPS) is 18.0. The molecular formula is C24H28ClN7O2. The maximum atomic E-state index is 12.1. The number of hydrazone groups is 1. The van der Waals surface area contributed by atoms with Crippen molar-refractivity contribution >= 4 is 51.8 Å². The van der Waals surface area contributed by atoms with E-state index in [9.17, 15) is 9.59 Å². The molecule has 1 fully saturated rings. The number of benzene rings is 1. The SMILES string of the molecule is CC(=O)C1CN(C(C)=N/C=C(/C=N\N/C(N)=C/Cl)c2cnc3ccccc3c2)CCN1C(C)=O. The molecule has 2 aromatic rings. The monoisotopic (exact) mass is 481 g/mol. The van der Waals surface area contributed by atoms with Gasteiger partial charge >= 0.3 is 0 Å². The maximum absolute atomic E-state index is 12.1. The van der Waals surface area contributed by atoms with Crippen molar-refractivity contribution in [3.63, 3.8) is 0 Å². The molecule has 1 atom stereocenters. The van der Waals surface area contributed by atoms with Crippen molar-refractivity contribution < 1.29 is 9.59 Å². The lowest BCUT2D eigenvalue weighted by molar-refractivity contribution is -0.139. The summed E-state index contributed by atoms with van der Waals surface area (Å²) in [5, 5.41) is 5.12. The van der Waals surface area contributed by atoms with Gasteiger partial charge in [-0.2, -0.15) is 5.10 Å².